The van der Waals surface area contributed by atoms with Crippen LogP contribution in [-0.2, 0) is 5.75 Å². The molecule has 0 atom stereocenters. The Kier molecular flexibility index (Phi) is 5.79. The van der Waals surface area contributed by atoms with Crippen molar-refractivity contribution in [1.82, 2.24) is 9.97 Å². The van der Waals surface area contributed by atoms with Crippen LogP contribution in [0.4, 0.5) is 0 Å². The van der Waals surface area contributed by atoms with Crippen molar-refractivity contribution in [2.75, 3.05) is 6.61 Å². The second kappa shape index (κ2) is 8.64. The molecule has 0 spiro atoms. The zero-order valence-electron chi connectivity index (χ0n) is 16.2. The predicted molar refractivity (Wildman–Crippen MR) is 119 cm³/mol. The monoisotopic (exact) mass is 417 g/mol. The summed E-state index contributed by atoms with van der Waals surface area (Å²) >= 11 is 3.37. The van der Waals surface area contributed by atoms with E-state index in [1.807, 2.05) is 43.3 Å². The lowest BCUT2D eigenvalue weighted by atomic mass is 10.0. The number of ether oxygens (including phenoxy) is 1. The Hall–Kier alpha value is -2.88. The molecular formula is C23H19N3OS2. The summed E-state index contributed by atoms with van der Waals surface area (Å²) in [5, 5.41) is 11.2. The van der Waals surface area contributed by atoms with Crippen LogP contribution in [-0.4, -0.2) is 16.6 Å². The number of nitriles is 1. The van der Waals surface area contributed by atoms with Gasteiger partial charge in [-0.1, -0.05) is 24.3 Å². The number of nitrogens with zero attached hydrogens (tertiary/aromatic N) is 3. The van der Waals surface area contributed by atoms with Crippen LogP contribution in [0.1, 0.15) is 22.9 Å². The van der Waals surface area contributed by atoms with Gasteiger partial charge in [-0.05, 0) is 49.2 Å². The maximum absolute atomic E-state index is 9.12. The minimum absolute atomic E-state index is 0.654. The Morgan fingerprint density at radius 3 is 2.72 bits per heavy atom. The molecule has 4 nitrogen and oxygen atoms in total. The summed E-state index contributed by atoms with van der Waals surface area (Å²) < 4.78 is 5.58. The highest BCUT2D eigenvalue weighted by Crippen LogP contribution is 2.42. The lowest BCUT2D eigenvalue weighted by molar-refractivity contribution is 0.340. The number of benzene rings is 2. The van der Waals surface area contributed by atoms with Gasteiger partial charge in [-0.2, -0.15) is 5.26 Å². The summed E-state index contributed by atoms with van der Waals surface area (Å²) in [5.41, 5.74) is 4.11. The van der Waals surface area contributed by atoms with Gasteiger partial charge in [-0.3, -0.25) is 0 Å². The van der Waals surface area contributed by atoms with E-state index >= 15 is 0 Å². The van der Waals surface area contributed by atoms with Crippen LogP contribution in [0.2, 0.25) is 0 Å². The average Bonchev–Trinajstić information content (AvgIpc) is 3.09. The fourth-order valence-electron chi connectivity index (χ4n) is 3.24. The maximum atomic E-state index is 9.12. The van der Waals surface area contributed by atoms with Crippen LogP contribution in [0.5, 0.6) is 5.75 Å². The van der Waals surface area contributed by atoms with E-state index in [4.69, 9.17) is 10.00 Å². The van der Waals surface area contributed by atoms with Crippen molar-refractivity contribution in [2.24, 2.45) is 0 Å². The van der Waals surface area contributed by atoms with Crippen LogP contribution in [0.15, 0.2) is 59.9 Å². The lowest BCUT2D eigenvalue weighted by Crippen LogP contribution is -1.91. The molecule has 29 heavy (non-hydrogen) atoms. The van der Waals surface area contributed by atoms with E-state index in [1.165, 1.54) is 10.4 Å². The topological polar surface area (TPSA) is 58.8 Å². The van der Waals surface area contributed by atoms with Crippen LogP contribution >= 0.6 is 23.1 Å². The number of thioether (sulfide) groups is 1. The van der Waals surface area contributed by atoms with E-state index in [9.17, 15) is 0 Å². The molecule has 144 valence electrons. The number of fused-ring (bicyclic) bond motifs is 1. The third-order valence-electron chi connectivity index (χ3n) is 4.52. The number of aromatic nitrogens is 2. The quantitative estimate of drug-likeness (QED) is 0.275. The Balaban J connectivity index is 1.71. The normalized spacial score (nSPS) is 10.8. The Morgan fingerprint density at radius 1 is 1.14 bits per heavy atom. The fourth-order valence-corrected chi connectivity index (χ4v) is 5.27. The minimum atomic E-state index is 0.654. The molecule has 0 aliphatic rings. The van der Waals surface area contributed by atoms with Gasteiger partial charge < -0.3 is 4.74 Å². The summed E-state index contributed by atoms with van der Waals surface area (Å²) in [7, 11) is 0. The van der Waals surface area contributed by atoms with Crippen molar-refractivity contribution in [3.05, 3.63) is 70.9 Å². The molecule has 0 amide bonds. The number of hydrogen-bond acceptors (Lipinski definition) is 6. The van der Waals surface area contributed by atoms with Gasteiger partial charge in [0.25, 0.3) is 0 Å². The third kappa shape index (κ3) is 4.12. The number of rotatable bonds is 6. The van der Waals surface area contributed by atoms with E-state index in [0.717, 1.165) is 37.9 Å². The second-order valence-electron chi connectivity index (χ2n) is 6.45. The van der Waals surface area contributed by atoms with E-state index < -0.39 is 0 Å². The average molecular weight is 418 g/mol. The van der Waals surface area contributed by atoms with E-state index in [2.05, 4.69) is 35.1 Å². The van der Waals surface area contributed by atoms with Gasteiger partial charge in [-0.25, -0.2) is 9.97 Å². The van der Waals surface area contributed by atoms with Gasteiger partial charge >= 0.3 is 0 Å². The molecule has 4 rings (SSSR count). The molecule has 6 heteroatoms. The molecule has 0 aliphatic heterocycles. The summed E-state index contributed by atoms with van der Waals surface area (Å²) in [6.45, 7) is 4.77. The van der Waals surface area contributed by atoms with Gasteiger partial charge in [0.15, 0.2) is 0 Å². The molecule has 2 aromatic heterocycles. The van der Waals surface area contributed by atoms with Crippen LogP contribution in [0, 0.1) is 18.3 Å². The lowest BCUT2D eigenvalue weighted by Gasteiger charge is -2.08. The molecule has 0 saturated heterocycles. The van der Waals surface area contributed by atoms with Crippen molar-refractivity contribution < 1.29 is 4.74 Å². The molecule has 0 N–H and O–H groups in total. The first-order valence-electron chi connectivity index (χ1n) is 9.28. The van der Waals surface area contributed by atoms with Gasteiger partial charge in [0.05, 0.1) is 23.6 Å². The third-order valence-corrected chi connectivity index (χ3v) is 6.59. The standard InChI is InChI=1S/C23H19N3OS2/c1-3-27-19-9-7-18(8-10-19)20-15(2)29-23-21(20)22(25-14-26-23)28-13-17-6-4-5-16(11-17)12-24/h4-11,14H,3,13H2,1-2H3. The summed E-state index contributed by atoms with van der Waals surface area (Å²) in [5.74, 6) is 1.62. The van der Waals surface area contributed by atoms with Crippen molar-refractivity contribution in [3.8, 4) is 22.9 Å². The van der Waals surface area contributed by atoms with Crippen LogP contribution in [0.25, 0.3) is 21.3 Å². The number of aryl methyl sites for hydroxylation is 1. The molecule has 0 unspecified atom stereocenters. The van der Waals surface area contributed by atoms with Gasteiger partial charge in [0.2, 0.25) is 0 Å². The summed E-state index contributed by atoms with van der Waals surface area (Å²) in [6, 6.07) is 18.1. The molecule has 0 aliphatic carbocycles. The molecule has 0 bridgehead atoms. The van der Waals surface area contributed by atoms with E-state index in [1.54, 1.807) is 29.4 Å². The molecular weight excluding hydrogens is 398 g/mol. The zero-order chi connectivity index (χ0) is 20.2. The number of thiophene rings is 1. The Morgan fingerprint density at radius 2 is 1.97 bits per heavy atom. The smallest absolute Gasteiger partial charge is 0.128 e. The van der Waals surface area contributed by atoms with Gasteiger partial charge in [0, 0.05) is 16.2 Å². The van der Waals surface area contributed by atoms with Gasteiger partial charge in [-0.15, -0.1) is 23.1 Å². The minimum Gasteiger partial charge on any atom is -0.494 e. The fraction of sp³-hybridized carbons (Fsp3) is 0.174. The van der Waals surface area contributed by atoms with Crippen molar-refractivity contribution in [3.63, 3.8) is 0 Å². The molecule has 2 aromatic carbocycles. The van der Waals surface area contributed by atoms with Crippen molar-refractivity contribution in [2.45, 2.75) is 24.6 Å². The molecule has 0 fully saturated rings. The van der Waals surface area contributed by atoms with Crippen molar-refractivity contribution in [1.29, 1.82) is 5.26 Å². The first kappa shape index (κ1) is 19.4. The highest BCUT2D eigenvalue weighted by Gasteiger charge is 2.17. The predicted octanol–water partition coefficient (Wildman–Crippen LogP) is 6.23. The highest BCUT2D eigenvalue weighted by atomic mass is 32.2. The van der Waals surface area contributed by atoms with E-state index in [0.29, 0.717) is 12.2 Å². The number of hydrogen-bond donors (Lipinski definition) is 0. The highest BCUT2D eigenvalue weighted by molar-refractivity contribution is 7.98. The first-order valence-corrected chi connectivity index (χ1v) is 11.1. The second-order valence-corrected chi connectivity index (χ2v) is 8.62. The zero-order valence-corrected chi connectivity index (χ0v) is 17.8. The largest absolute Gasteiger partial charge is 0.494 e. The van der Waals surface area contributed by atoms with Crippen LogP contribution < -0.4 is 4.74 Å². The Labute approximate surface area is 178 Å². The molecule has 0 saturated carbocycles. The molecule has 4 aromatic rings. The van der Waals surface area contributed by atoms with E-state index in [-0.39, 0.29) is 0 Å². The molecule has 2 heterocycles. The Bertz CT molecular complexity index is 1190. The van der Waals surface area contributed by atoms with Crippen LogP contribution in [0.3, 0.4) is 0 Å². The van der Waals surface area contributed by atoms with Crippen molar-refractivity contribution >= 4 is 33.3 Å². The summed E-state index contributed by atoms with van der Waals surface area (Å²) in [6.07, 6.45) is 1.63. The summed E-state index contributed by atoms with van der Waals surface area (Å²) in [4.78, 5) is 11.3. The SMILES string of the molecule is CCOc1ccc(-c2c(C)sc3ncnc(SCc4cccc(C#N)c4)c23)cc1. The maximum Gasteiger partial charge on any atom is 0.128 e. The first-order chi connectivity index (χ1) is 14.2. The molecule has 0 radical (unpaired) electrons. The van der Waals surface area contributed by atoms with Gasteiger partial charge in [0.1, 0.15) is 21.9 Å².